The van der Waals surface area contributed by atoms with Gasteiger partial charge in [-0.15, -0.1) is 0 Å². The Morgan fingerprint density at radius 3 is 2.34 bits per heavy atom. The molecule has 1 aliphatic carbocycles. The monoisotopic (exact) mass is 459 g/mol. The minimum absolute atomic E-state index is 0.0423. The molecule has 0 radical (unpaired) electrons. The van der Waals surface area contributed by atoms with Crippen molar-refractivity contribution in [3.63, 3.8) is 0 Å². The van der Waals surface area contributed by atoms with E-state index in [0.717, 1.165) is 55.6 Å². The average Bonchev–Trinajstić information content (AvgIpc) is 3.55. The van der Waals surface area contributed by atoms with Crippen LogP contribution in [0.4, 0.5) is 4.39 Å². The van der Waals surface area contributed by atoms with E-state index < -0.39 is 17.4 Å². The number of rotatable bonds is 6. The highest BCUT2D eigenvalue weighted by molar-refractivity contribution is 6.30. The Bertz CT molecular complexity index is 958. The second kappa shape index (κ2) is 9.40. The van der Waals surface area contributed by atoms with Gasteiger partial charge in [-0.25, -0.2) is 9.18 Å². The summed E-state index contributed by atoms with van der Waals surface area (Å²) in [6.07, 6.45) is 4.17. The highest BCUT2D eigenvalue weighted by Gasteiger charge is 2.31. The molecular formula is C26H31ClFNO3. The summed E-state index contributed by atoms with van der Waals surface area (Å²) < 4.78 is 26.4. The van der Waals surface area contributed by atoms with Gasteiger partial charge in [0, 0.05) is 24.7 Å². The quantitative estimate of drug-likeness (QED) is 0.471. The van der Waals surface area contributed by atoms with E-state index in [1.54, 1.807) is 32.9 Å². The number of halogens is 2. The van der Waals surface area contributed by atoms with Gasteiger partial charge in [0.15, 0.2) is 0 Å². The van der Waals surface area contributed by atoms with Crippen LogP contribution in [0.1, 0.15) is 73.9 Å². The van der Waals surface area contributed by atoms with Gasteiger partial charge < -0.3 is 9.47 Å². The molecule has 2 fully saturated rings. The Kier molecular flexibility index (Phi) is 6.78. The van der Waals surface area contributed by atoms with Gasteiger partial charge in [0.25, 0.3) is 0 Å². The first-order valence-corrected chi connectivity index (χ1v) is 11.8. The van der Waals surface area contributed by atoms with Crippen LogP contribution in [0.2, 0.25) is 5.02 Å². The van der Waals surface area contributed by atoms with Crippen LogP contribution in [0.3, 0.4) is 0 Å². The maximum absolute atomic E-state index is 14.9. The third kappa shape index (κ3) is 6.02. The molecule has 0 N–H and O–H groups in total. The Labute approximate surface area is 194 Å². The van der Waals surface area contributed by atoms with E-state index in [4.69, 9.17) is 21.1 Å². The molecule has 1 heterocycles. The molecule has 2 aliphatic rings. The van der Waals surface area contributed by atoms with Crippen molar-refractivity contribution in [3.05, 3.63) is 63.9 Å². The lowest BCUT2D eigenvalue weighted by Gasteiger charge is -2.32. The lowest BCUT2D eigenvalue weighted by atomic mass is 9.97. The van der Waals surface area contributed by atoms with Crippen molar-refractivity contribution in [1.29, 1.82) is 0 Å². The van der Waals surface area contributed by atoms with Crippen molar-refractivity contribution in [2.45, 2.75) is 70.6 Å². The Morgan fingerprint density at radius 1 is 1.09 bits per heavy atom. The fourth-order valence-electron chi connectivity index (χ4n) is 4.16. The molecule has 0 aromatic heterocycles. The number of carbonyl (C=O) groups excluding carboxylic acids is 1. The van der Waals surface area contributed by atoms with E-state index in [1.807, 2.05) is 24.3 Å². The van der Waals surface area contributed by atoms with Crippen molar-refractivity contribution in [2.75, 3.05) is 13.1 Å². The van der Waals surface area contributed by atoms with Crippen LogP contribution in [-0.4, -0.2) is 35.7 Å². The Morgan fingerprint density at radius 2 is 1.75 bits per heavy atom. The first-order chi connectivity index (χ1) is 15.2. The van der Waals surface area contributed by atoms with Crippen LogP contribution in [-0.2, 0) is 11.3 Å². The van der Waals surface area contributed by atoms with Crippen LogP contribution in [0.15, 0.2) is 36.4 Å². The minimum atomic E-state index is -0.652. The first-order valence-electron chi connectivity index (χ1n) is 11.4. The summed E-state index contributed by atoms with van der Waals surface area (Å²) in [6, 6.07) is 10.7. The van der Waals surface area contributed by atoms with Crippen LogP contribution >= 0.6 is 11.6 Å². The summed E-state index contributed by atoms with van der Waals surface area (Å²) in [5, 5.41) is 0.698. The molecule has 6 heteroatoms. The smallest absolute Gasteiger partial charge is 0.341 e. The molecule has 4 rings (SSSR count). The summed E-state index contributed by atoms with van der Waals surface area (Å²) in [4.78, 5) is 14.8. The molecular weight excluding hydrogens is 429 g/mol. The highest BCUT2D eigenvalue weighted by Crippen LogP contribution is 2.43. The maximum Gasteiger partial charge on any atom is 0.341 e. The van der Waals surface area contributed by atoms with Crippen molar-refractivity contribution < 1.29 is 18.7 Å². The first kappa shape index (κ1) is 23.1. The van der Waals surface area contributed by atoms with Crippen LogP contribution in [0.25, 0.3) is 0 Å². The van der Waals surface area contributed by atoms with Gasteiger partial charge in [-0.1, -0.05) is 11.6 Å². The van der Waals surface area contributed by atoms with Crippen molar-refractivity contribution in [1.82, 2.24) is 4.90 Å². The molecule has 0 bridgehead atoms. The largest absolute Gasteiger partial charge is 0.490 e. The minimum Gasteiger partial charge on any atom is -0.490 e. The average molecular weight is 460 g/mol. The van der Waals surface area contributed by atoms with E-state index in [0.29, 0.717) is 17.5 Å². The fraction of sp³-hybridized carbons (Fsp3) is 0.500. The molecule has 1 saturated heterocycles. The molecule has 1 saturated carbocycles. The zero-order chi connectivity index (χ0) is 22.9. The van der Waals surface area contributed by atoms with E-state index in [2.05, 4.69) is 4.90 Å². The third-order valence-electron chi connectivity index (χ3n) is 5.91. The normalized spacial score (nSPS) is 17.9. The molecule has 0 amide bonds. The van der Waals surface area contributed by atoms with Crippen molar-refractivity contribution >= 4 is 17.6 Å². The number of hydrogen-bond donors (Lipinski definition) is 0. The molecule has 172 valence electrons. The molecule has 0 atom stereocenters. The number of carbonyl (C=O) groups is 1. The van der Waals surface area contributed by atoms with Crippen LogP contribution in [0.5, 0.6) is 5.75 Å². The summed E-state index contributed by atoms with van der Waals surface area (Å²) in [5.41, 5.74) is 1.46. The van der Waals surface area contributed by atoms with Gasteiger partial charge >= 0.3 is 5.97 Å². The number of hydrogen-bond acceptors (Lipinski definition) is 4. The molecule has 1 aliphatic heterocycles. The molecule has 32 heavy (non-hydrogen) atoms. The van der Waals surface area contributed by atoms with Crippen molar-refractivity contribution in [2.24, 2.45) is 0 Å². The molecule has 0 unspecified atom stereocenters. The predicted octanol–water partition coefficient (Wildman–Crippen LogP) is 6.36. The molecule has 2 aromatic carbocycles. The van der Waals surface area contributed by atoms with E-state index in [-0.39, 0.29) is 11.7 Å². The topological polar surface area (TPSA) is 38.8 Å². The standard InChI is InChI=1S/C26H31ClFNO3/c1-26(2,3)32-25(30)23-15-22(17-4-5-17)18(14-24(23)28)16-29-12-10-21(11-13-29)31-20-8-6-19(27)7-9-20/h6-9,14-15,17,21H,4-5,10-13,16H2,1-3H3. The van der Waals surface area contributed by atoms with Gasteiger partial charge in [0.2, 0.25) is 0 Å². The number of nitrogens with zero attached hydrogens (tertiary/aromatic N) is 1. The summed E-state index contributed by atoms with van der Waals surface area (Å²) >= 11 is 5.94. The van der Waals surface area contributed by atoms with Gasteiger partial charge in [0.1, 0.15) is 23.3 Å². The lowest BCUT2D eigenvalue weighted by molar-refractivity contribution is 0.00644. The fourth-order valence-corrected chi connectivity index (χ4v) is 4.29. The van der Waals surface area contributed by atoms with Gasteiger partial charge in [-0.2, -0.15) is 0 Å². The van der Waals surface area contributed by atoms with E-state index >= 15 is 0 Å². The zero-order valence-corrected chi connectivity index (χ0v) is 19.8. The Balaban J connectivity index is 1.40. The van der Waals surface area contributed by atoms with Crippen LogP contribution < -0.4 is 4.74 Å². The van der Waals surface area contributed by atoms with E-state index in [1.165, 1.54) is 0 Å². The number of likely N-dealkylation sites (tertiary alicyclic amines) is 1. The molecule has 0 spiro atoms. The number of benzene rings is 2. The number of ether oxygens (including phenoxy) is 2. The number of esters is 1. The highest BCUT2D eigenvalue weighted by atomic mass is 35.5. The SMILES string of the molecule is CC(C)(C)OC(=O)c1cc(C2CC2)c(CN2CCC(Oc3ccc(Cl)cc3)CC2)cc1F. The van der Waals surface area contributed by atoms with Gasteiger partial charge in [-0.3, -0.25) is 4.90 Å². The predicted molar refractivity (Wildman–Crippen MR) is 124 cm³/mol. The third-order valence-corrected chi connectivity index (χ3v) is 6.16. The maximum atomic E-state index is 14.9. The van der Waals surface area contributed by atoms with Crippen LogP contribution in [0, 0.1) is 5.82 Å². The Hall–Kier alpha value is -2.11. The van der Waals surface area contributed by atoms with Gasteiger partial charge in [0.05, 0.1) is 5.56 Å². The van der Waals surface area contributed by atoms with E-state index in [9.17, 15) is 9.18 Å². The zero-order valence-electron chi connectivity index (χ0n) is 19.0. The summed E-state index contributed by atoms with van der Waals surface area (Å²) in [7, 11) is 0. The van der Waals surface area contributed by atoms with Crippen molar-refractivity contribution in [3.8, 4) is 5.75 Å². The lowest BCUT2D eigenvalue weighted by Crippen LogP contribution is -2.38. The second-order valence-corrected chi connectivity index (χ2v) is 10.3. The summed E-state index contributed by atoms with van der Waals surface area (Å²) in [6.45, 7) is 7.83. The second-order valence-electron chi connectivity index (χ2n) is 9.85. The summed E-state index contributed by atoms with van der Waals surface area (Å²) in [5.74, 6) is 0.157. The molecule has 2 aromatic rings. The van der Waals surface area contributed by atoms with Gasteiger partial charge in [-0.05, 0) is 99.9 Å². The number of piperidine rings is 1. The molecule has 4 nitrogen and oxygen atoms in total.